The van der Waals surface area contributed by atoms with Crippen LogP contribution < -0.4 is 5.32 Å². The lowest BCUT2D eigenvalue weighted by Crippen LogP contribution is -2.59. The Kier molecular flexibility index (Phi) is 12.3. The predicted octanol–water partition coefficient (Wildman–Crippen LogP) is 0.235. The molecular formula is C15H31ClN2O4S. The molecule has 0 radical (unpaired) electrons. The van der Waals surface area contributed by atoms with Gasteiger partial charge >= 0.3 is 0 Å². The summed E-state index contributed by atoms with van der Waals surface area (Å²) in [6.07, 6.45) is -0.701. The topological polar surface area (TPSA) is 93.0 Å². The molecule has 1 heterocycles. The Bertz CT molecular complexity index is 335. The average Bonchev–Trinajstić information content (AvgIpc) is 2.51. The number of thioether (sulfide) groups is 1. The van der Waals surface area contributed by atoms with Crippen LogP contribution in [0.15, 0.2) is 0 Å². The van der Waals surface area contributed by atoms with E-state index in [1.54, 1.807) is 11.8 Å². The molecule has 1 saturated heterocycles. The van der Waals surface area contributed by atoms with E-state index < -0.39 is 18.3 Å². The van der Waals surface area contributed by atoms with Crippen molar-refractivity contribution in [1.29, 1.82) is 0 Å². The molecule has 4 atom stereocenters. The molecule has 23 heavy (non-hydrogen) atoms. The number of hydrogen-bond acceptors (Lipinski definition) is 6. The molecule has 1 fully saturated rings. The van der Waals surface area contributed by atoms with Gasteiger partial charge in [-0.05, 0) is 38.2 Å². The zero-order chi connectivity index (χ0) is 16.5. The Balaban J connectivity index is 0.00000484. The first kappa shape index (κ1) is 22.9. The molecule has 0 unspecified atom stereocenters. The Morgan fingerprint density at radius 2 is 1.83 bits per heavy atom. The summed E-state index contributed by atoms with van der Waals surface area (Å²) in [6.45, 7) is 5.82. The van der Waals surface area contributed by atoms with Crippen LogP contribution in [0.3, 0.4) is 0 Å². The van der Waals surface area contributed by atoms with E-state index in [1.165, 1.54) is 0 Å². The monoisotopic (exact) mass is 370 g/mol. The summed E-state index contributed by atoms with van der Waals surface area (Å²) < 4.78 is 0. The Labute approximate surface area is 149 Å². The molecule has 1 amide bonds. The van der Waals surface area contributed by atoms with Gasteiger partial charge < -0.3 is 25.5 Å². The summed E-state index contributed by atoms with van der Waals surface area (Å²) in [5, 5.41) is 32.0. The quantitative estimate of drug-likeness (QED) is 0.434. The van der Waals surface area contributed by atoms with Gasteiger partial charge in [0.15, 0.2) is 0 Å². The number of hydrogen-bond donors (Lipinski definition) is 4. The molecule has 138 valence electrons. The van der Waals surface area contributed by atoms with Gasteiger partial charge in [-0.25, -0.2) is 0 Å². The smallest absolute Gasteiger partial charge is 0.222 e. The minimum atomic E-state index is -1.07. The highest BCUT2D eigenvalue weighted by Crippen LogP contribution is 2.16. The second-order valence-electron chi connectivity index (χ2n) is 5.63. The van der Waals surface area contributed by atoms with Crippen LogP contribution in [-0.2, 0) is 4.79 Å². The first-order valence-electron chi connectivity index (χ1n) is 8.14. The normalized spacial score (nSPS) is 27.3. The molecule has 0 bridgehead atoms. The molecule has 0 aliphatic carbocycles. The largest absolute Gasteiger partial charge is 0.389 e. The summed E-state index contributed by atoms with van der Waals surface area (Å²) in [7, 11) is 0. The molecule has 0 aromatic heterocycles. The highest BCUT2D eigenvalue weighted by molar-refractivity contribution is 7.99. The summed E-state index contributed by atoms with van der Waals surface area (Å²) >= 11 is 1.75. The first-order valence-corrected chi connectivity index (χ1v) is 9.29. The average molecular weight is 371 g/mol. The number of aliphatic hydroxyl groups is 3. The van der Waals surface area contributed by atoms with Crippen molar-refractivity contribution in [2.24, 2.45) is 0 Å². The molecule has 0 saturated carbocycles. The summed E-state index contributed by atoms with van der Waals surface area (Å²) in [4.78, 5) is 13.7. The van der Waals surface area contributed by atoms with Gasteiger partial charge in [-0.15, -0.1) is 12.4 Å². The molecule has 6 nitrogen and oxygen atoms in total. The highest BCUT2D eigenvalue weighted by Gasteiger charge is 2.35. The Morgan fingerprint density at radius 3 is 2.43 bits per heavy atom. The number of carbonyl (C=O) groups excluding carboxylic acids is 1. The zero-order valence-electron chi connectivity index (χ0n) is 14.0. The Morgan fingerprint density at radius 1 is 1.17 bits per heavy atom. The highest BCUT2D eigenvalue weighted by atomic mass is 35.5. The maximum absolute atomic E-state index is 11.8. The van der Waals surface area contributed by atoms with Crippen molar-refractivity contribution >= 4 is 30.1 Å². The van der Waals surface area contributed by atoms with Gasteiger partial charge in [0.25, 0.3) is 0 Å². The number of rotatable bonds is 9. The van der Waals surface area contributed by atoms with Crippen molar-refractivity contribution in [3.05, 3.63) is 0 Å². The molecular weight excluding hydrogens is 340 g/mol. The number of nitrogens with zero attached hydrogens (tertiary/aromatic N) is 1. The number of halogens is 1. The van der Waals surface area contributed by atoms with E-state index >= 15 is 0 Å². The fourth-order valence-corrected chi connectivity index (χ4v) is 3.60. The minimum absolute atomic E-state index is 0. The second kappa shape index (κ2) is 12.3. The number of β-amino-alcohol motifs (C(OH)–C–C–N with tert-alkyl or cyclic N) is 1. The SMILES string of the molecule is CCN(CC)C(=O)CCCSCC[C@H]1NC[C@@H](O)[C@H](O)[C@H]1O.Cl. The van der Waals surface area contributed by atoms with E-state index in [9.17, 15) is 20.1 Å². The molecule has 0 spiro atoms. The summed E-state index contributed by atoms with van der Waals surface area (Å²) in [5.41, 5.74) is 0. The molecule has 1 aliphatic rings. The molecule has 1 rings (SSSR count). The van der Waals surface area contributed by atoms with E-state index in [0.29, 0.717) is 13.0 Å². The van der Waals surface area contributed by atoms with E-state index in [0.717, 1.165) is 37.4 Å². The van der Waals surface area contributed by atoms with Crippen LogP contribution in [0.25, 0.3) is 0 Å². The third-order valence-electron chi connectivity index (χ3n) is 4.11. The molecule has 1 aliphatic heterocycles. The standard InChI is InChI=1S/C15H30N2O4S.ClH/c1-3-17(4-2)13(19)6-5-8-22-9-7-11-14(20)15(21)12(18)10-16-11;/h11-12,14-16,18,20-21H,3-10H2,1-2H3;1H/t11-,12-,14+,15+;/m1./s1. The predicted molar refractivity (Wildman–Crippen MR) is 96.2 cm³/mol. The van der Waals surface area contributed by atoms with E-state index in [4.69, 9.17) is 0 Å². The zero-order valence-corrected chi connectivity index (χ0v) is 15.6. The van der Waals surface area contributed by atoms with Crippen molar-refractivity contribution in [3.8, 4) is 0 Å². The molecule has 0 aromatic rings. The molecule has 4 N–H and O–H groups in total. The van der Waals surface area contributed by atoms with Gasteiger partial charge in [-0.2, -0.15) is 11.8 Å². The first-order chi connectivity index (χ1) is 10.5. The van der Waals surface area contributed by atoms with Crippen LogP contribution in [0.1, 0.15) is 33.1 Å². The van der Waals surface area contributed by atoms with Crippen LogP contribution in [0.2, 0.25) is 0 Å². The van der Waals surface area contributed by atoms with Crippen LogP contribution in [0, 0.1) is 0 Å². The Hall–Kier alpha value is -0.0500. The van der Waals surface area contributed by atoms with Gasteiger partial charge in [0.05, 0.1) is 12.2 Å². The van der Waals surface area contributed by atoms with Crippen molar-refractivity contribution in [1.82, 2.24) is 10.2 Å². The number of amides is 1. The number of aliphatic hydroxyl groups excluding tert-OH is 3. The van der Waals surface area contributed by atoms with Crippen molar-refractivity contribution in [2.75, 3.05) is 31.1 Å². The van der Waals surface area contributed by atoms with Crippen LogP contribution in [0.4, 0.5) is 0 Å². The fourth-order valence-electron chi connectivity index (χ4n) is 2.62. The molecule has 0 aromatic carbocycles. The van der Waals surface area contributed by atoms with Crippen LogP contribution >= 0.6 is 24.2 Å². The number of carbonyl (C=O) groups is 1. The van der Waals surface area contributed by atoms with Gasteiger partial charge in [-0.3, -0.25) is 4.79 Å². The summed E-state index contributed by atoms with van der Waals surface area (Å²) in [6, 6.07) is -0.178. The minimum Gasteiger partial charge on any atom is -0.389 e. The van der Waals surface area contributed by atoms with Crippen LogP contribution in [0.5, 0.6) is 0 Å². The van der Waals surface area contributed by atoms with Crippen molar-refractivity contribution < 1.29 is 20.1 Å². The van der Waals surface area contributed by atoms with Crippen LogP contribution in [-0.4, -0.2) is 81.6 Å². The van der Waals surface area contributed by atoms with Gasteiger partial charge in [-0.1, -0.05) is 0 Å². The van der Waals surface area contributed by atoms with E-state index in [2.05, 4.69) is 5.32 Å². The lowest BCUT2D eigenvalue weighted by atomic mass is 9.94. The fraction of sp³-hybridized carbons (Fsp3) is 0.933. The lowest BCUT2D eigenvalue weighted by molar-refractivity contribution is -0.130. The lowest BCUT2D eigenvalue weighted by Gasteiger charge is -2.36. The number of nitrogens with one attached hydrogen (secondary N) is 1. The second-order valence-corrected chi connectivity index (χ2v) is 6.86. The maximum Gasteiger partial charge on any atom is 0.222 e. The molecule has 8 heteroatoms. The number of piperidine rings is 1. The van der Waals surface area contributed by atoms with Gasteiger partial charge in [0.2, 0.25) is 5.91 Å². The third kappa shape index (κ3) is 7.58. The van der Waals surface area contributed by atoms with E-state index in [-0.39, 0.29) is 24.4 Å². The van der Waals surface area contributed by atoms with Crippen molar-refractivity contribution in [3.63, 3.8) is 0 Å². The van der Waals surface area contributed by atoms with E-state index in [1.807, 2.05) is 18.7 Å². The summed E-state index contributed by atoms with van der Waals surface area (Å²) in [5.74, 6) is 1.99. The van der Waals surface area contributed by atoms with Gasteiger partial charge in [0.1, 0.15) is 6.10 Å². The van der Waals surface area contributed by atoms with Gasteiger partial charge in [0, 0.05) is 32.1 Å². The third-order valence-corrected chi connectivity index (χ3v) is 5.22. The maximum atomic E-state index is 11.8. The van der Waals surface area contributed by atoms with Crippen molar-refractivity contribution in [2.45, 2.75) is 57.5 Å².